The summed E-state index contributed by atoms with van der Waals surface area (Å²) in [5.41, 5.74) is -2.27. The molecule has 20 heavy (non-hydrogen) atoms. The number of nitrogens with zero attached hydrogens (tertiary/aromatic N) is 1. The molecule has 106 valence electrons. The normalized spacial score (nSPS) is 21.6. The van der Waals surface area contributed by atoms with Crippen LogP contribution in [0.15, 0.2) is 18.3 Å². The lowest BCUT2D eigenvalue weighted by atomic mass is 9.96. The zero-order chi connectivity index (χ0) is 14.9. The lowest BCUT2D eigenvalue weighted by molar-refractivity contribution is -0.157. The zero-order valence-electron chi connectivity index (χ0n) is 10.6. The van der Waals surface area contributed by atoms with Crippen LogP contribution in [0.1, 0.15) is 23.8 Å². The number of aromatic carboxylic acids is 1. The molecule has 0 unspecified atom stereocenters. The smallest absolute Gasteiger partial charge is 0.352 e. The Labute approximate surface area is 113 Å². The number of hydrogen-bond acceptors (Lipinski definition) is 5. The number of amides is 2. The summed E-state index contributed by atoms with van der Waals surface area (Å²) in [4.78, 5) is 46.8. The number of carbonyl (C=O) groups is 4. The van der Waals surface area contributed by atoms with Crippen LogP contribution in [0.5, 0.6) is 0 Å². The quantitative estimate of drug-likeness (QED) is 0.436. The third-order valence-corrected chi connectivity index (χ3v) is 3.04. The summed E-state index contributed by atoms with van der Waals surface area (Å²) in [6.07, 6.45) is 0.776. The molecule has 0 aliphatic carbocycles. The predicted octanol–water partition coefficient (Wildman–Crippen LogP) is -0.509. The van der Waals surface area contributed by atoms with Crippen molar-refractivity contribution in [1.29, 1.82) is 0 Å². The molecular weight excluding hydrogens is 268 g/mol. The van der Waals surface area contributed by atoms with Crippen molar-refractivity contribution in [1.82, 2.24) is 9.88 Å². The molecule has 8 nitrogen and oxygen atoms in total. The number of aromatic nitrogens is 1. The number of carboxylic acids is 1. The Hall–Kier alpha value is -2.64. The van der Waals surface area contributed by atoms with Crippen molar-refractivity contribution in [3.8, 4) is 0 Å². The average molecular weight is 280 g/mol. The van der Waals surface area contributed by atoms with E-state index in [1.165, 1.54) is 18.3 Å². The molecule has 0 aromatic carbocycles. The first-order valence-electron chi connectivity index (χ1n) is 5.86. The molecule has 1 saturated heterocycles. The monoisotopic (exact) mass is 280 g/mol. The molecule has 2 N–H and O–H groups in total. The van der Waals surface area contributed by atoms with Gasteiger partial charge in [0, 0.05) is 6.20 Å². The molecule has 8 heteroatoms. The van der Waals surface area contributed by atoms with Crippen molar-refractivity contribution in [2.45, 2.75) is 18.9 Å². The maximum absolute atomic E-state index is 12.1. The molecule has 1 aliphatic rings. The van der Waals surface area contributed by atoms with E-state index in [4.69, 9.17) is 9.84 Å². The Morgan fingerprint density at radius 2 is 2.20 bits per heavy atom. The Morgan fingerprint density at radius 1 is 1.50 bits per heavy atom. The van der Waals surface area contributed by atoms with E-state index < -0.39 is 35.7 Å². The van der Waals surface area contributed by atoms with Gasteiger partial charge in [0.2, 0.25) is 11.4 Å². The van der Waals surface area contributed by atoms with Crippen LogP contribution in [-0.4, -0.2) is 40.0 Å². The number of ether oxygens (including phenoxy) is 1. The summed E-state index contributed by atoms with van der Waals surface area (Å²) >= 11 is 0. The van der Waals surface area contributed by atoms with E-state index in [1.807, 2.05) is 5.32 Å². The maximum atomic E-state index is 12.1. The Balaban J connectivity index is 2.61. The van der Waals surface area contributed by atoms with E-state index in [9.17, 15) is 19.2 Å². The van der Waals surface area contributed by atoms with Gasteiger partial charge in [-0.2, -0.15) is 0 Å². The Kier molecular flexibility index (Phi) is 3.31. The van der Waals surface area contributed by atoms with Crippen LogP contribution in [0.25, 0.3) is 0 Å². The van der Waals surface area contributed by atoms with Gasteiger partial charge in [-0.25, -0.2) is 9.59 Å². The highest BCUT2D eigenvalue weighted by Crippen LogP contribution is 2.30. The largest absolute Gasteiger partial charge is 0.477 e. The molecular formula is C12H12N2O6. The lowest BCUT2D eigenvalue weighted by Gasteiger charge is -2.26. The molecule has 2 rings (SSSR count). The highest BCUT2D eigenvalue weighted by Gasteiger charge is 2.56. The third kappa shape index (κ3) is 1.85. The first-order valence-corrected chi connectivity index (χ1v) is 5.86. The number of nitrogens with one attached hydrogen (secondary N) is 1. The van der Waals surface area contributed by atoms with Gasteiger partial charge in [-0.1, -0.05) is 0 Å². The van der Waals surface area contributed by atoms with E-state index in [2.05, 4.69) is 0 Å². The summed E-state index contributed by atoms with van der Waals surface area (Å²) in [6.45, 7) is 1.56. The minimum Gasteiger partial charge on any atom is -0.477 e. The topological polar surface area (TPSA) is 115 Å². The van der Waals surface area contributed by atoms with Crippen LogP contribution in [-0.2, 0) is 24.7 Å². The van der Waals surface area contributed by atoms with E-state index >= 15 is 0 Å². The van der Waals surface area contributed by atoms with Crippen LogP contribution < -0.4 is 5.32 Å². The standard InChI is InChI=1S/C12H12N2O6/c1-2-20-11(19)12(6-8(15)13-10(12)18)14-5-3-4-7(14)9(16)17/h3-5H,2,6H2,1H3,(H,16,17)(H,13,15,18)/t12-/m1/s1. The summed E-state index contributed by atoms with van der Waals surface area (Å²) in [7, 11) is 0. The fourth-order valence-electron chi connectivity index (χ4n) is 2.18. The molecule has 1 aromatic heterocycles. The van der Waals surface area contributed by atoms with Crippen molar-refractivity contribution in [2.24, 2.45) is 0 Å². The molecule has 2 amide bonds. The lowest BCUT2D eigenvalue weighted by Crippen LogP contribution is -2.49. The first kappa shape index (κ1) is 13.8. The van der Waals surface area contributed by atoms with E-state index in [1.54, 1.807) is 6.92 Å². The van der Waals surface area contributed by atoms with Gasteiger partial charge >= 0.3 is 11.9 Å². The number of esters is 1. The highest BCUT2D eigenvalue weighted by molar-refractivity contribution is 6.18. The molecule has 1 atom stereocenters. The minimum atomic E-state index is -2.00. The SMILES string of the molecule is CCOC(=O)[C@@]1(n2cccc2C(=O)O)CC(=O)NC1=O. The van der Waals surface area contributed by atoms with Crippen molar-refractivity contribution in [2.75, 3.05) is 6.61 Å². The fraction of sp³-hybridized carbons (Fsp3) is 0.333. The molecule has 1 aliphatic heterocycles. The number of rotatable bonds is 4. The van der Waals surface area contributed by atoms with Crippen LogP contribution in [0.4, 0.5) is 0 Å². The zero-order valence-corrected chi connectivity index (χ0v) is 10.6. The van der Waals surface area contributed by atoms with Gasteiger partial charge in [0.1, 0.15) is 5.69 Å². The van der Waals surface area contributed by atoms with Gasteiger partial charge in [-0.3, -0.25) is 14.9 Å². The third-order valence-electron chi connectivity index (χ3n) is 3.04. The van der Waals surface area contributed by atoms with E-state index in [0.29, 0.717) is 0 Å². The maximum Gasteiger partial charge on any atom is 0.352 e. The number of carboxylic acid groups (broad SMARTS) is 1. The van der Waals surface area contributed by atoms with Gasteiger partial charge in [0.25, 0.3) is 5.91 Å². The van der Waals surface area contributed by atoms with Crippen molar-refractivity contribution < 1.29 is 29.0 Å². The van der Waals surface area contributed by atoms with Gasteiger partial charge in [0.15, 0.2) is 0 Å². The van der Waals surface area contributed by atoms with Crippen molar-refractivity contribution in [3.63, 3.8) is 0 Å². The van der Waals surface area contributed by atoms with Crippen molar-refractivity contribution in [3.05, 3.63) is 24.0 Å². The number of hydrogen-bond donors (Lipinski definition) is 2. The molecule has 0 bridgehead atoms. The summed E-state index contributed by atoms with van der Waals surface area (Å²) in [5, 5.41) is 11.1. The Bertz CT molecular complexity index is 605. The summed E-state index contributed by atoms with van der Waals surface area (Å²) in [5.74, 6) is -3.82. The molecule has 1 fully saturated rings. The first-order chi connectivity index (χ1) is 9.43. The van der Waals surface area contributed by atoms with Gasteiger partial charge in [-0.05, 0) is 19.1 Å². The van der Waals surface area contributed by atoms with E-state index in [-0.39, 0.29) is 12.3 Å². The number of carbonyl (C=O) groups excluding carboxylic acids is 3. The van der Waals surface area contributed by atoms with Crippen LogP contribution in [0, 0.1) is 0 Å². The van der Waals surface area contributed by atoms with Crippen molar-refractivity contribution >= 4 is 23.8 Å². The molecule has 0 spiro atoms. The summed E-state index contributed by atoms with van der Waals surface area (Å²) < 4.78 is 5.81. The van der Waals surface area contributed by atoms with E-state index in [0.717, 1.165) is 4.57 Å². The second kappa shape index (κ2) is 4.80. The van der Waals surface area contributed by atoms with Gasteiger partial charge in [-0.15, -0.1) is 0 Å². The second-order valence-electron chi connectivity index (χ2n) is 4.20. The van der Waals surface area contributed by atoms with Crippen LogP contribution >= 0.6 is 0 Å². The second-order valence-corrected chi connectivity index (χ2v) is 4.20. The molecule has 2 heterocycles. The summed E-state index contributed by atoms with van der Waals surface area (Å²) in [6, 6.07) is 2.61. The van der Waals surface area contributed by atoms with Crippen LogP contribution in [0.3, 0.4) is 0 Å². The average Bonchev–Trinajstić information content (AvgIpc) is 2.94. The molecule has 0 radical (unpaired) electrons. The molecule has 1 aromatic rings. The molecule has 0 saturated carbocycles. The number of imide groups is 1. The highest BCUT2D eigenvalue weighted by atomic mass is 16.5. The van der Waals surface area contributed by atoms with Gasteiger partial charge in [0.05, 0.1) is 13.0 Å². The van der Waals surface area contributed by atoms with Crippen LogP contribution in [0.2, 0.25) is 0 Å². The van der Waals surface area contributed by atoms with Gasteiger partial charge < -0.3 is 14.4 Å². The Morgan fingerprint density at radius 3 is 2.70 bits per heavy atom. The predicted molar refractivity (Wildman–Crippen MR) is 63.8 cm³/mol. The fourth-order valence-corrected chi connectivity index (χ4v) is 2.18. The minimum absolute atomic E-state index is 0.00568.